The standard InChI is InChI=1S/C26H54NO4P/c1-4-5-6-7-8-9-10-11-12-13-14-15-16-17-18-19-24-30-32(28,29)31-25-26-20-22-27(2,3)23-21-26/h26H,4-25H2,1-3H3. The van der Waals surface area contributed by atoms with Gasteiger partial charge in [0.25, 0.3) is 7.82 Å². The van der Waals surface area contributed by atoms with Crippen LogP contribution in [0.4, 0.5) is 0 Å². The molecule has 192 valence electrons. The number of phosphoric ester groups is 1. The third kappa shape index (κ3) is 17.5. The van der Waals surface area contributed by atoms with Crippen molar-refractivity contribution in [2.24, 2.45) is 5.92 Å². The molecule has 0 N–H and O–H groups in total. The molecule has 1 atom stereocenters. The van der Waals surface area contributed by atoms with Crippen LogP contribution in [0.15, 0.2) is 0 Å². The minimum Gasteiger partial charge on any atom is -0.756 e. The first-order valence-electron chi connectivity index (χ1n) is 13.8. The van der Waals surface area contributed by atoms with Crippen molar-refractivity contribution in [3.63, 3.8) is 0 Å². The zero-order chi connectivity index (χ0) is 23.5. The maximum Gasteiger partial charge on any atom is 0.267 e. The topological polar surface area (TPSA) is 58.6 Å². The summed E-state index contributed by atoms with van der Waals surface area (Å²) in [6.07, 6.45) is 22.9. The van der Waals surface area contributed by atoms with Gasteiger partial charge in [-0.05, 0) is 12.3 Å². The van der Waals surface area contributed by atoms with Crippen LogP contribution < -0.4 is 4.89 Å². The summed E-state index contributed by atoms with van der Waals surface area (Å²) in [5, 5.41) is 0. The zero-order valence-electron chi connectivity index (χ0n) is 21.7. The molecule has 1 aliphatic heterocycles. The number of rotatable bonds is 21. The highest BCUT2D eigenvalue weighted by molar-refractivity contribution is 7.45. The lowest BCUT2D eigenvalue weighted by Gasteiger charge is -2.37. The van der Waals surface area contributed by atoms with E-state index >= 15 is 0 Å². The zero-order valence-corrected chi connectivity index (χ0v) is 22.6. The van der Waals surface area contributed by atoms with Gasteiger partial charge < -0.3 is 18.4 Å². The predicted molar refractivity (Wildman–Crippen MR) is 134 cm³/mol. The van der Waals surface area contributed by atoms with Crippen molar-refractivity contribution in [2.45, 2.75) is 122 Å². The molecule has 1 unspecified atom stereocenters. The van der Waals surface area contributed by atoms with Crippen molar-refractivity contribution < 1.29 is 23.0 Å². The molecule has 0 aromatic rings. The number of hydrogen-bond donors (Lipinski definition) is 0. The Bertz CT molecular complexity index is 476. The van der Waals surface area contributed by atoms with E-state index in [1.807, 2.05) is 0 Å². The molecule has 0 saturated carbocycles. The number of nitrogens with zero attached hydrogens (tertiary/aromatic N) is 1. The van der Waals surface area contributed by atoms with E-state index in [4.69, 9.17) is 9.05 Å². The van der Waals surface area contributed by atoms with Crippen molar-refractivity contribution in [3.8, 4) is 0 Å². The van der Waals surface area contributed by atoms with Gasteiger partial charge in [0.1, 0.15) is 0 Å². The van der Waals surface area contributed by atoms with Gasteiger partial charge in [-0.1, -0.05) is 103 Å². The molecule has 1 rings (SSSR count). The Morgan fingerprint density at radius 3 is 1.56 bits per heavy atom. The molecular weight excluding hydrogens is 421 g/mol. The number of likely N-dealkylation sites (tertiary alicyclic amines) is 1. The second-order valence-electron chi connectivity index (χ2n) is 10.7. The molecule has 0 amide bonds. The highest BCUT2D eigenvalue weighted by atomic mass is 31.2. The van der Waals surface area contributed by atoms with Crippen molar-refractivity contribution in [3.05, 3.63) is 0 Å². The number of quaternary nitrogens is 1. The molecule has 32 heavy (non-hydrogen) atoms. The lowest BCUT2D eigenvalue weighted by atomic mass is 9.97. The van der Waals surface area contributed by atoms with Crippen LogP contribution in [0.25, 0.3) is 0 Å². The fourth-order valence-corrected chi connectivity index (χ4v) is 5.37. The van der Waals surface area contributed by atoms with Crippen LogP contribution in [0, 0.1) is 5.92 Å². The second kappa shape index (κ2) is 18.4. The number of phosphoric acid groups is 1. The SMILES string of the molecule is CCCCCCCCCCCCCCCCCCOP(=O)([O-])OCC1CC[N+](C)(C)CC1. The van der Waals surface area contributed by atoms with E-state index in [2.05, 4.69) is 21.0 Å². The van der Waals surface area contributed by atoms with Gasteiger partial charge in [-0.3, -0.25) is 4.57 Å². The van der Waals surface area contributed by atoms with Gasteiger partial charge in [0.05, 0.1) is 40.4 Å². The Morgan fingerprint density at radius 1 is 0.719 bits per heavy atom. The summed E-state index contributed by atoms with van der Waals surface area (Å²) in [6, 6.07) is 0. The monoisotopic (exact) mass is 475 g/mol. The predicted octanol–water partition coefficient (Wildman–Crippen LogP) is 7.24. The van der Waals surface area contributed by atoms with E-state index in [0.717, 1.165) is 43.3 Å². The summed E-state index contributed by atoms with van der Waals surface area (Å²) in [4.78, 5) is 11.9. The minimum absolute atomic E-state index is 0.258. The van der Waals surface area contributed by atoms with Gasteiger partial charge in [0, 0.05) is 12.8 Å². The minimum atomic E-state index is -4.14. The normalized spacial score (nSPS) is 18.6. The molecule has 0 aromatic heterocycles. The molecule has 0 spiro atoms. The average molecular weight is 476 g/mol. The Morgan fingerprint density at radius 2 is 1.12 bits per heavy atom. The number of piperidine rings is 1. The summed E-state index contributed by atoms with van der Waals surface area (Å²) < 4.78 is 23.1. The Balaban J connectivity index is 1.82. The van der Waals surface area contributed by atoms with Crippen molar-refractivity contribution in [2.75, 3.05) is 40.4 Å². The average Bonchev–Trinajstić information content (AvgIpc) is 2.75. The second-order valence-corrected chi connectivity index (χ2v) is 12.1. The highest BCUT2D eigenvalue weighted by Crippen LogP contribution is 2.40. The van der Waals surface area contributed by atoms with Gasteiger partial charge >= 0.3 is 0 Å². The molecule has 6 heteroatoms. The van der Waals surface area contributed by atoms with Crippen molar-refractivity contribution in [1.29, 1.82) is 0 Å². The maximum absolute atomic E-state index is 11.9. The van der Waals surface area contributed by atoms with Gasteiger partial charge in [-0.2, -0.15) is 0 Å². The van der Waals surface area contributed by atoms with Gasteiger partial charge in [0.15, 0.2) is 0 Å². The third-order valence-corrected chi connectivity index (χ3v) is 7.97. The number of unbranched alkanes of at least 4 members (excludes halogenated alkanes) is 15. The molecule has 1 saturated heterocycles. The van der Waals surface area contributed by atoms with Crippen LogP contribution in [-0.4, -0.2) is 44.9 Å². The Hall–Kier alpha value is 0.0700. The van der Waals surface area contributed by atoms with Crippen molar-refractivity contribution in [1.82, 2.24) is 0 Å². The third-order valence-electron chi connectivity index (χ3n) is 7.00. The fraction of sp³-hybridized carbons (Fsp3) is 1.00. The Labute approximate surface area is 199 Å². The van der Waals surface area contributed by atoms with Crippen LogP contribution in [0.5, 0.6) is 0 Å². The van der Waals surface area contributed by atoms with Crippen molar-refractivity contribution >= 4 is 7.82 Å². The van der Waals surface area contributed by atoms with E-state index in [-0.39, 0.29) is 13.2 Å². The van der Waals surface area contributed by atoms with E-state index in [1.165, 1.54) is 89.9 Å². The summed E-state index contributed by atoms with van der Waals surface area (Å²) in [5.41, 5.74) is 0. The van der Waals surface area contributed by atoms with Gasteiger partial charge in [0.2, 0.25) is 0 Å². The van der Waals surface area contributed by atoms with Gasteiger partial charge in [-0.25, -0.2) is 0 Å². The molecule has 0 bridgehead atoms. The molecule has 0 radical (unpaired) electrons. The molecule has 1 aliphatic rings. The lowest BCUT2D eigenvalue weighted by Crippen LogP contribution is -2.46. The first kappa shape index (κ1) is 30.1. The molecular formula is C26H54NO4P. The largest absolute Gasteiger partial charge is 0.756 e. The summed E-state index contributed by atoms with van der Waals surface area (Å²) in [5.74, 6) is 0.336. The smallest absolute Gasteiger partial charge is 0.267 e. The van der Waals surface area contributed by atoms with Crippen LogP contribution in [0.2, 0.25) is 0 Å². The quantitative estimate of drug-likeness (QED) is 0.0997. The molecule has 0 aliphatic carbocycles. The number of hydrogen-bond acceptors (Lipinski definition) is 4. The van der Waals surface area contributed by atoms with Crippen LogP contribution in [0.3, 0.4) is 0 Å². The first-order valence-corrected chi connectivity index (χ1v) is 15.2. The van der Waals surface area contributed by atoms with E-state index < -0.39 is 7.82 Å². The summed E-state index contributed by atoms with van der Waals surface area (Å²) in [6.45, 7) is 4.97. The Kier molecular flexibility index (Phi) is 17.3. The highest BCUT2D eigenvalue weighted by Gasteiger charge is 2.27. The molecule has 5 nitrogen and oxygen atoms in total. The van der Waals surface area contributed by atoms with Crippen LogP contribution in [0.1, 0.15) is 122 Å². The molecule has 1 fully saturated rings. The van der Waals surface area contributed by atoms with E-state index in [9.17, 15) is 9.46 Å². The molecule has 1 heterocycles. The first-order chi connectivity index (χ1) is 15.3. The van der Waals surface area contributed by atoms with Gasteiger partial charge in [-0.15, -0.1) is 0 Å². The fourth-order valence-electron chi connectivity index (χ4n) is 4.55. The van der Waals surface area contributed by atoms with Crippen LogP contribution >= 0.6 is 7.82 Å². The molecule has 0 aromatic carbocycles. The summed E-state index contributed by atoms with van der Waals surface area (Å²) >= 11 is 0. The van der Waals surface area contributed by atoms with E-state index in [1.54, 1.807) is 0 Å². The lowest BCUT2D eigenvalue weighted by molar-refractivity contribution is -0.896. The van der Waals surface area contributed by atoms with Crippen LogP contribution in [-0.2, 0) is 13.6 Å². The maximum atomic E-state index is 11.9. The van der Waals surface area contributed by atoms with E-state index in [0.29, 0.717) is 5.92 Å². The summed E-state index contributed by atoms with van der Waals surface area (Å²) in [7, 11) is 0.302.